The van der Waals surface area contributed by atoms with E-state index in [1.807, 2.05) is 13.1 Å². The first kappa shape index (κ1) is 17.8. The summed E-state index contributed by atoms with van der Waals surface area (Å²) in [6.07, 6.45) is 1.49. The third kappa shape index (κ3) is 3.83. The van der Waals surface area contributed by atoms with Gasteiger partial charge in [0, 0.05) is 26.3 Å². The predicted octanol–water partition coefficient (Wildman–Crippen LogP) is -0.863. The fourth-order valence-electron chi connectivity index (χ4n) is 3.28. The summed E-state index contributed by atoms with van der Waals surface area (Å²) in [5, 5.41) is 2.87. The van der Waals surface area contributed by atoms with E-state index >= 15 is 0 Å². The molecule has 3 heterocycles. The summed E-state index contributed by atoms with van der Waals surface area (Å²) in [5.41, 5.74) is -0.254. The maximum atomic E-state index is 12.2. The zero-order valence-corrected chi connectivity index (χ0v) is 14.9. The molecule has 3 rings (SSSR count). The third-order valence-electron chi connectivity index (χ3n) is 4.64. The molecule has 1 N–H and O–H groups in total. The molecular formula is C16H25N5O4. The largest absolute Gasteiger partial charge is 0.481 e. The number of methoxy groups -OCH3 is 2. The number of likely N-dealkylation sites (N-methyl/N-ethyl adjacent to an activating group) is 1. The summed E-state index contributed by atoms with van der Waals surface area (Å²) < 4.78 is 16.2. The van der Waals surface area contributed by atoms with Crippen molar-refractivity contribution in [3.05, 3.63) is 12.4 Å². The maximum Gasteiger partial charge on any atom is 0.239 e. The van der Waals surface area contributed by atoms with Crippen molar-refractivity contribution in [2.45, 2.75) is 11.6 Å². The first-order valence-corrected chi connectivity index (χ1v) is 8.29. The van der Waals surface area contributed by atoms with E-state index in [-0.39, 0.29) is 17.6 Å². The molecule has 2 fully saturated rings. The Morgan fingerprint density at radius 1 is 1.40 bits per heavy atom. The first-order valence-electron chi connectivity index (χ1n) is 8.29. The number of amides is 1. The van der Waals surface area contributed by atoms with Gasteiger partial charge >= 0.3 is 0 Å². The van der Waals surface area contributed by atoms with Gasteiger partial charge in [0.15, 0.2) is 0 Å². The van der Waals surface area contributed by atoms with E-state index in [9.17, 15) is 4.79 Å². The van der Waals surface area contributed by atoms with Crippen LogP contribution < -0.4 is 15.0 Å². The monoisotopic (exact) mass is 351 g/mol. The molecule has 138 valence electrons. The molecule has 0 aromatic carbocycles. The molecule has 2 saturated heterocycles. The summed E-state index contributed by atoms with van der Waals surface area (Å²) >= 11 is 0. The second-order valence-electron chi connectivity index (χ2n) is 6.48. The zero-order valence-electron chi connectivity index (χ0n) is 14.9. The van der Waals surface area contributed by atoms with Gasteiger partial charge in [-0.3, -0.25) is 9.69 Å². The van der Waals surface area contributed by atoms with Crippen molar-refractivity contribution in [2.24, 2.45) is 0 Å². The van der Waals surface area contributed by atoms with Gasteiger partial charge in [-0.1, -0.05) is 0 Å². The number of ether oxygens (including phenoxy) is 3. The molecule has 0 bridgehead atoms. The van der Waals surface area contributed by atoms with Gasteiger partial charge in [0.25, 0.3) is 0 Å². The highest BCUT2D eigenvalue weighted by molar-refractivity contribution is 5.82. The molecular weight excluding hydrogens is 326 g/mol. The molecule has 0 radical (unpaired) electrons. The van der Waals surface area contributed by atoms with Crippen LogP contribution >= 0.6 is 0 Å². The van der Waals surface area contributed by atoms with Gasteiger partial charge in [-0.2, -0.15) is 0 Å². The SMILES string of the molecule is COCCNC(=O)[C@@H]1COC2(CN(c3cc(OC)ncn3)C2)CN1C. The van der Waals surface area contributed by atoms with E-state index < -0.39 is 0 Å². The molecule has 0 saturated carbocycles. The minimum Gasteiger partial charge on any atom is -0.481 e. The maximum absolute atomic E-state index is 12.2. The zero-order chi connectivity index (χ0) is 17.9. The van der Waals surface area contributed by atoms with E-state index in [0.29, 0.717) is 32.2 Å². The minimum absolute atomic E-state index is 0.0221. The molecule has 2 aliphatic heterocycles. The lowest BCUT2D eigenvalue weighted by molar-refractivity contribution is -0.157. The van der Waals surface area contributed by atoms with E-state index in [1.165, 1.54) is 6.33 Å². The highest BCUT2D eigenvalue weighted by atomic mass is 16.5. The Hall–Kier alpha value is -1.97. The van der Waals surface area contributed by atoms with Crippen LogP contribution in [0.5, 0.6) is 5.88 Å². The van der Waals surface area contributed by atoms with Crippen LogP contribution in [0.2, 0.25) is 0 Å². The lowest BCUT2D eigenvalue weighted by Gasteiger charge is -2.55. The first-order chi connectivity index (χ1) is 12.1. The van der Waals surface area contributed by atoms with Gasteiger partial charge in [-0.05, 0) is 7.05 Å². The second-order valence-corrected chi connectivity index (χ2v) is 6.48. The predicted molar refractivity (Wildman–Crippen MR) is 90.8 cm³/mol. The van der Waals surface area contributed by atoms with Crippen LogP contribution in [0.4, 0.5) is 5.82 Å². The summed E-state index contributed by atoms with van der Waals surface area (Å²) in [4.78, 5) is 24.7. The molecule has 1 amide bonds. The molecule has 1 atom stereocenters. The lowest BCUT2D eigenvalue weighted by atomic mass is 9.90. The Kier molecular flexibility index (Phi) is 5.36. The number of rotatable bonds is 6. The van der Waals surface area contributed by atoms with Crippen molar-refractivity contribution < 1.29 is 19.0 Å². The van der Waals surface area contributed by atoms with Crippen LogP contribution in [-0.2, 0) is 14.3 Å². The lowest BCUT2D eigenvalue weighted by Crippen LogP contribution is -2.72. The molecule has 0 unspecified atom stereocenters. The Morgan fingerprint density at radius 2 is 2.20 bits per heavy atom. The number of morpholine rings is 1. The quantitative estimate of drug-likeness (QED) is 0.662. The van der Waals surface area contributed by atoms with Gasteiger partial charge in [-0.15, -0.1) is 0 Å². The van der Waals surface area contributed by atoms with Crippen LogP contribution in [-0.4, -0.2) is 93.1 Å². The van der Waals surface area contributed by atoms with E-state index in [2.05, 4.69) is 25.1 Å². The van der Waals surface area contributed by atoms with Crippen LogP contribution in [0.1, 0.15) is 0 Å². The summed E-state index contributed by atoms with van der Waals surface area (Å²) in [7, 11) is 5.16. The molecule has 2 aliphatic rings. The molecule has 1 aromatic rings. The normalized spacial score (nSPS) is 22.5. The Morgan fingerprint density at radius 3 is 2.88 bits per heavy atom. The van der Waals surface area contributed by atoms with Crippen LogP contribution in [0, 0.1) is 0 Å². The summed E-state index contributed by atoms with van der Waals surface area (Å²) in [6, 6.07) is 1.54. The minimum atomic E-state index is -0.268. The summed E-state index contributed by atoms with van der Waals surface area (Å²) in [6.45, 7) is 3.56. The van der Waals surface area contributed by atoms with E-state index in [1.54, 1.807) is 14.2 Å². The smallest absolute Gasteiger partial charge is 0.239 e. The van der Waals surface area contributed by atoms with Crippen molar-refractivity contribution in [1.29, 1.82) is 0 Å². The number of carbonyl (C=O) groups is 1. The molecule has 9 nitrogen and oxygen atoms in total. The number of nitrogens with one attached hydrogen (secondary N) is 1. The molecule has 1 spiro atoms. The molecule has 25 heavy (non-hydrogen) atoms. The topological polar surface area (TPSA) is 89.0 Å². The van der Waals surface area contributed by atoms with Crippen LogP contribution in [0.15, 0.2) is 12.4 Å². The van der Waals surface area contributed by atoms with Gasteiger partial charge in [0.1, 0.15) is 23.8 Å². The average molecular weight is 351 g/mol. The Balaban J connectivity index is 1.53. The van der Waals surface area contributed by atoms with Crippen molar-refractivity contribution >= 4 is 11.7 Å². The number of hydrogen-bond donors (Lipinski definition) is 1. The molecule has 0 aliphatic carbocycles. The number of nitrogens with zero attached hydrogens (tertiary/aromatic N) is 4. The van der Waals surface area contributed by atoms with Crippen molar-refractivity contribution in [3.8, 4) is 5.88 Å². The highest BCUT2D eigenvalue weighted by Gasteiger charge is 2.50. The van der Waals surface area contributed by atoms with Gasteiger partial charge in [0.05, 0.1) is 33.4 Å². The second kappa shape index (κ2) is 7.51. The van der Waals surface area contributed by atoms with E-state index in [4.69, 9.17) is 14.2 Å². The molecule has 9 heteroatoms. The fourth-order valence-corrected chi connectivity index (χ4v) is 3.28. The summed E-state index contributed by atoms with van der Waals surface area (Å²) in [5.74, 6) is 1.34. The number of anilines is 1. The van der Waals surface area contributed by atoms with Crippen LogP contribution in [0.3, 0.4) is 0 Å². The van der Waals surface area contributed by atoms with Crippen molar-refractivity contribution in [1.82, 2.24) is 20.2 Å². The molecule has 1 aromatic heterocycles. The van der Waals surface area contributed by atoms with Crippen molar-refractivity contribution in [3.63, 3.8) is 0 Å². The third-order valence-corrected chi connectivity index (χ3v) is 4.64. The highest BCUT2D eigenvalue weighted by Crippen LogP contribution is 2.33. The number of carbonyl (C=O) groups excluding carboxylic acids is 1. The number of aromatic nitrogens is 2. The number of hydrogen-bond acceptors (Lipinski definition) is 8. The van der Waals surface area contributed by atoms with Gasteiger partial charge in [-0.25, -0.2) is 9.97 Å². The average Bonchev–Trinajstić information content (AvgIpc) is 2.59. The van der Waals surface area contributed by atoms with Gasteiger partial charge in [0.2, 0.25) is 11.8 Å². The standard InChI is InChI=1S/C16H25N5O4/c1-20-8-16(25-7-12(20)15(22)17-4-5-23-2)9-21(10-16)13-6-14(24-3)19-11-18-13/h6,11-12H,4-5,7-10H2,1-3H3,(H,17,22)/t12-/m0/s1. The fraction of sp³-hybridized carbons (Fsp3) is 0.688. The van der Waals surface area contributed by atoms with E-state index in [0.717, 1.165) is 18.9 Å². The van der Waals surface area contributed by atoms with Crippen LogP contribution in [0.25, 0.3) is 0 Å². The van der Waals surface area contributed by atoms with Gasteiger partial charge < -0.3 is 24.4 Å². The Bertz CT molecular complexity index is 608. The Labute approximate surface area is 147 Å². The van der Waals surface area contributed by atoms with Crippen molar-refractivity contribution in [2.75, 3.05) is 65.6 Å².